The number of halogens is 1. The predicted octanol–water partition coefficient (Wildman–Crippen LogP) is 4.34. The number of anilines is 1. The molecule has 3 rings (SSSR count). The lowest BCUT2D eigenvalue weighted by atomic mass is 10.1. The van der Waals surface area contributed by atoms with Crippen LogP contribution >= 0.6 is 11.6 Å². The molecule has 0 atom stereocenters. The Labute approximate surface area is 114 Å². The van der Waals surface area contributed by atoms with Gasteiger partial charge in [0.25, 0.3) is 5.91 Å². The Morgan fingerprint density at radius 2 is 2.00 bits per heavy atom. The second-order valence-corrected chi connectivity index (χ2v) is 4.57. The highest BCUT2D eigenvalue weighted by Gasteiger charge is 2.08. The van der Waals surface area contributed by atoms with E-state index >= 15 is 0 Å². The maximum atomic E-state index is 12.1. The van der Waals surface area contributed by atoms with E-state index in [1.54, 1.807) is 48.7 Å². The monoisotopic (exact) mass is 271 g/mol. The lowest BCUT2D eigenvalue weighted by molar-refractivity contribution is 0.102. The molecule has 0 bridgehead atoms. The predicted molar refractivity (Wildman–Crippen MR) is 75.6 cm³/mol. The summed E-state index contributed by atoms with van der Waals surface area (Å²) >= 11 is 5.87. The minimum absolute atomic E-state index is 0.176. The van der Waals surface area contributed by atoms with Crippen LogP contribution in [-0.4, -0.2) is 5.91 Å². The van der Waals surface area contributed by atoms with Crippen molar-refractivity contribution in [1.82, 2.24) is 0 Å². The molecule has 1 amide bonds. The van der Waals surface area contributed by atoms with Gasteiger partial charge in [0.2, 0.25) is 0 Å². The molecule has 1 N–H and O–H groups in total. The SMILES string of the molecule is O=C(Nc1cccc(Cl)c1)c1ccc2occc2c1. The highest BCUT2D eigenvalue weighted by molar-refractivity contribution is 6.31. The highest BCUT2D eigenvalue weighted by Crippen LogP contribution is 2.19. The zero-order valence-corrected chi connectivity index (χ0v) is 10.6. The van der Waals surface area contributed by atoms with Crippen molar-refractivity contribution >= 4 is 34.2 Å². The van der Waals surface area contributed by atoms with Gasteiger partial charge in [-0.2, -0.15) is 0 Å². The molecule has 0 aliphatic heterocycles. The summed E-state index contributed by atoms with van der Waals surface area (Å²) < 4.78 is 5.24. The highest BCUT2D eigenvalue weighted by atomic mass is 35.5. The molecule has 0 aliphatic carbocycles. The van der Waals surface area contributed by atoms with Crippen molar-refractivity contribution in [2.75, 3.05) is 5.32 Å². The first kappa shape index (κ1) is 11.8. The Balaban J connectivity index is 1.87. The summed E-state index contributed by atoms with van der Waals surface area (Å²) in [5, 5.41) is 4.29. The zero-order chi connectivity index (χ0) is 13.2. The van der Waals surface area contributed by atoms with Gasteiger partial charge in [0.15, 0.2) is 0 Å². The van der Waals surface area contributed by atoms with Crippen LogP contribution in [0.3, 0.4) is 0 Å². The van der Waals surface area contributed by atoms with Gasteiger partial charge in [0, 0.05) is 21.7 Å². The van der Waals surface area contributed by atoms with Gasteiger partial charge in [0.05, 0.1) is 6.26 Å². The molecular weight excluding hydrogens is 262 g/mol. The van der Waals surface area contributed by atoms with E-state index in [4.69, 9.17) is 16.0 Å². The van der Waals surface area contributed by atoms with Crippen molar-refractivity contribution in [3.63, 3.8) is 0 Å². The van der Waals surface area contributed by atoms with Crippen molar-refractivity contribution in [3.8, 4) is 0 Å². The first-order chi connectivity index (χ1) is 9.22. The second kappa shape index (κ2) is 4.78. The molecule has 0 saturated heterocycles. The van der Waals surface area contributed by atoms with Gasteiger partial charge in [-0.3, -0.25) is 4.79 Å². The van der Waals surface area contributed by atoms with Crippen LogP contribution in [0, 0.1) is 0 Å². The molecule has 0 spiro atoms. The Bertz CT molecular complexity index is 748. The van der Waals surface area contributed by atoms with E-state index in [-0.39, 0.29) is 5.91 Å². The number of carbonyl (C=O) groups excluding carboxylic acids is 1. The third kappa shape index (κ3) is 2.46. The van der Waals surface area contributed by atoms with Crippen molar-refractivity contribution in [3.05, 3.63) is 65.4 Å². The number of fused-ring (bicyclic) bond motifs is 1. The Hall–Kier alpha value is -2.26. The van der Waals surface area contributed by atoms with E-state index in [0.29, 0.717) is 16.3 Å². The van der Waals surface area contributed by atoms with Gasteiger partial charge in [0.1, 0.15) is 5.58 Å². The molecule has 1 heterocycles. The summed E-state index contributed by atoms with van der Waals surface area (Å²) in [6, 6.07) is 14.2. The maximum absolute atomic E-state index is 12.1. The third-order valence-electron chi connectivity index (χ3n) is 2.80. The summed E-state index contributed by atoms with van der Waals surface area (Å²) in [6.45, 7) is 0. The summed E-state index contributed by atoms with van der Waals surface area (Å²) in [7, 11) is 0. The van der Waals surface area contributed by atoms with Crippen LogP contribution in [0.15, 0.2) is 59.2 Å². The van der Waals surface area contributed by atoms with Gasteiger partial charge in [-0.1, -0.05) is 17.7 Å². The van der Waals surface area contributed by atoms with Gasteiger partial charge >= 0.3 is 0 Å². The molecule has 0 aliphatic rings. The van der Waals surface area contributed by atoms with Crippen LogP contribution in [0.2, 0.25) is 5.02 Å². The van der Waals surface area contributed by atoms with Gasteiger partial charge in [-0.05, 0) is 42.5 Å². The molecule has 1 aromatic heterocycles. The number of carbonyl (C=O) groups is 1. The number of amides is 1. The average molecular weight is 272 g/mol. The van der Waals surface area contributed by atoms with Crippen molar-refractivity contribution in [2.24, 2.45) is 0 Å². The fourth-order valence-corrected chi connectivity index (χ4v) is 2.07. The molecule has 3 nitrogen and oxygen atoms in total. The molecule has 0 radical (unpaired) electrons. The maximum Gasteiger partial charge on any atom is 0.255 e. The third-order valence-corrected chi connectivity index (χ3v) is 3.03. The fraction of sp³-hybridized carbons (Fsp3) is 0. The van der Waals surface area contributed by atoms with Crippen molar-refractivity contribution in [2.45, 2.75) is 0 Å². The van der Waals surface area contributed by atoms with E-state index in [1.807, 2.05) is 6.07 Å². The standard InChI is InChI=1S/C15H10ClNO2/c16-12-2-1-3-13(9-12)17-15(18)11-4-5-14-10(8-11)6-7-19-14/h1-9H,(H,17,18). The largest absolute Gasteiger partial charge is 0.464 e. The number of furan rings is 1. The van der Waals surface area contributed by atoms with Gasteiger partial charge in [-0.25, -0.2) is 0 Å². The van der Waals surface area contributed by atoms with Crippen LogP contribution in [0.5, 0.6) is 0 Å². The van der Waals surface area contributed by atoms with Crippen LogP contribution in [0.1, 0.15) is 10.4 Å². The molecule has 19 heavy (non-hydrogen) atoms. The van der Waals surface area contributed by atoms with Crippen molar-refractivity contribution < 1.29 is 9.21 Å². The normalized spacial score (nSPS) is 10.6. The molecule has 0 unspecified atom stereocenters. The Morgan fingerprint density at radius 1 is 1.11 bits per heavy atom. The number of hydrogen-bond acceptors (Lipinski definition) is 2. The summed E-state index contributed by atoms with van der Waals surface area (Å²) in [4.78, 5) is 12.1. The molecule has 94 valence electrons. The van der Waals surface area contributed by atoms with Crippen LogP contribution < -0.4 is 5.32 Å². The first-order valence-corrected chi connectivity index (χ1v) is 6.14. The average Bonchev–Trinajstić information content (AvgIpc) is 2.85. The topological polar surface area (TPSA) is 42.2 Å². The van der Waals surface area contributed by atoms with Crippen LogP contribution in [-0.2, 0) is 0 Å². The summed E-state index contributed by atoms with van der Waals surface area (Å²) in [5.74, 6) is -0.176. The van der Waals surface area contributed by atoms with Crippen molar-refractivity contribution in [1.29, 1.82) is 0 Å². The summed E-state index contributed by atoms with van der Waals surface area (Å²) in [6.07, 6.45) is 1.60. The van der Waals surface area contributed by atoms with Crippen LogP contribution in [0.25, 0.3) is 11.0 Å². The van der Waals surface area contributed by atoms with E-state index in [9.17, 15) is 4.79 Å². The Kier molecular flexibility index (Phi) is 2.97. The molecule has 3 aromatic rings. The minimum atomic E-state index is -0.176. The quantitative estimate of drug-likeness (QED) is 0.753. The number of nitrogens with one attached hydrogen (secondary N) is 1. The molecule has 0 saturated carbocycles. The van der Waals surface area contributed by atoms with Crippen LogP contribution in [0.4, 0.5) is 5.69 Å². The second-order valence-electron chi connectivity index (χ2n) is 4.14. The molecular formula is C15H10ClNO2. The zero-order valence-electron chi connectivity index (χ0n) is 9.89. The van der Waals surface area contributed by atoms with E-state index < -0.39 is 0 Å². The first-order valence-electron chi connectivity index (χ1n) is 5.76. The van der Waals surface area contributed by atoms with Gasteiger partial charge < -0.3 is 9.73 Å². The van der Waals surface area contributed by atoms with E-state index in [2.05, 4.69) is 5.32 Å². The molecule has 4 heteroatoms. The number of benzene rings is 2. The number of rotatable bonds is 2. The van der Waals surface area contributed by atoms with Gasteiger partial charge in [-0.15, -0.1) is 0 Å². The molecule has 0 fully saturated rings. The lowest BCUT2D eigenvalue weighted by Gasteiger charge is -2.05. The van der Waals surface area contributed by atoms with E-state index in [1.165, 1.54) is 0 Å². The number of hydrogen-bond donors (Lipinski definition) is 1. The minimum Gasteiger partial charge on any atom is -0.464 e. The smallest absolute Gasteiger partial charge is 0.255 e. The summed E-state index contributed by atoms with van der Waals surface area (Å²) in [5.41, 5.74) is 2.01. The fourth-order valence-electron chi connectivity index (χ4n) is 1.88. The lowest BCUT2D eigenvalue weighted by Crippen LogP contribution is -2.11. The molecule has 2 aromatic carbocycles. The van der Waals surface area contributed by atoms with E-state index in [0.717, 1.165) is 11.0 Å². The Morgan fingerprint density at radius 3 is 2.84 bits per heavy atom.